The zero-order valence-corrected chi connectivity index (χ0v) is 9.81. The van der Waals surface area contributed by atoms with Crippen LogP contribution < -0.4 is 5.73 Å². The molecule has 0 aromatic carbocycles. The Hall–Kier alpha value is -2.18. The van der Waals surface area contributed by atoms with Gasteiger partial charge in [0.2, 0.25) is 5.91 Å². The van der Waals surface area contributed by atoms with E-state index < -0.39 is 0 Å². The van der Waals surface area contributed by atoms with Crippen LogP contribution in [0.5, 0.6) is 0 Å². The fraction of sp³-hybridized carbons (Fsp3) is 0.455. The molecule has 0 saturated carbocycles. The highest BCUT2D eigenvalue weighted by atomic mass is 16.1. The highest BCUT2D eigenvalue weighted by Crippen LogP contribution is 2.31. The van der Waals surface area contributed by atoms with Crippen molar-refractivity contribution in [3.05, 3.63) is 24.3 Å². The monoisotopic (exact) mass is 246 g/mol. The van der Waals surface area contributed by atoms with E-state index in [1.165, 1.54) is 0 Å². The van der Waals surface area contributed by atoms with Crippen LogP contribution in [0.1, 0.15) is 12.8 Å². The van der Waals surface area contributed by atoms with Crippen molar-refractivity contribution in [1.29, 1.82) is 0 Å². The van der Waals surface area contributed by atoms with Gasteiger partial charge in [0.15, 0.2) is 0 Å². The molecule has 2 aliphatic heterocycles. The summed E-state index contributed by atoms with van der Waals surface area (Å²) in [4.78, 5) is 17.8. The molecule has 3 heterocycles. The Labute approximate surface area is 104 Å². The number of primary amides is 1. The number of hydrogen-bond acceptors (Lipinski definition) is 5. The number of carbonyl (C=O) groups is 1. The van der Waals surface area contributed by atoms with Crippen LogP contribution in [-0.4, -0.2) is 44.1 Å². The predicted octanol–water partition coefficient (Wildman–Crippen LogP) is -0.478. The first-order chi connectivity index (χ1) is 8.75. The van der Waals surface area contributed by atoms with Gasteiger partial charge in [0.1, 0.15) is 6.04 Å². The third kappa shape index (κ3) is 1.77. The lowest BCUT2D eigenvalue weighted by Crippen LogP contribution is -2.48. The van der Waals surface area contributed by atoms with Crippen molar-refractivity contribution in [3.8, 4) is 0 Å². The highest BCUT2D eigenvalue weighted by molar-refractivity contribution is 5.82. The third-order valence-corrected chi connectivity index (χ3v) is 3.35. The summed E-state index contributed by atoms with van der Waals surface area (Å²) in [6.45, 7) is 0.616. The van der Waals surface area contributed by atoms with Gasteiger partial charge >= 0.3 is 0 Å². The molecule has 0 spiro atoms. The minimum atomic E-state index is -0.280. The average molecular weight is 246 g/mol. The first-order valence-corrected chi connectivity index (χ1v) is 5.90. The van der Waals surface area contributed by atoms with E-state index >= 15 is 0 Å². The number of rotatable bonds is 3. The maximum absolute atomic E-state index is 11.5. The van der Waals surface area contributed by atoms with Gasteiger partial charge in [0.05, 0.1) is 18.8 Å². The van der Waals surface area contributed by atoms with Crippen molar-refractivity contribution in [2.75, 3.05) is 0 Å². The van der Waals surface area contributed by atoms with Crippen LogP contribution in [-0.2, 0) is 11.3 Å². The Bertz CT molecular complexity index is 506. The van der Waals surface area contributed by atoms with Gasteiger partial charge in [-0.05, 0) is 12.8 Å². The van der Waals surface area contributed by atoms with Crippen LogP contribution in [0.2, 0.25) is 0 Å². The molecule has 1 fully saturated rings. The Kier molecular flexibility index (Phi) is 2.58. The van der Waals surface area contributed by atoms with Crippen molar-refractivity contribution in [1.82, 2.24) is 19.9 Å². The molecule has 0 bridgehead atoms. The lowest BCUT2D eigenvalue weighted by Gasteiger charge is -2.33. The molecule has 2 N–H and O–H groups in total. The second kappa shape index (κ2) is 4.25. The largest absolute Gasteiger partial charge is 0.368 e. The number of nitrogens with zero attached hydrogens (tertiary/aromatic N) is 5. The first-order valence-electron chi connectivity index (χ1n) is 5.90. The fourth-order valence-corrected chi connectivity index (χ4v) is 2.56. The molecule has 7 heteroatoms. The van der Waals surface area contributed by atoms with E-state index in [1.807, 2.05) is 6.21 Å². The summed E-state index contributed by atoms with van der Waals surface area (Å²) in [5, 5.41) is 7.71. The number of nitrogens with two attached hydrogens (primary N) is 1. The zero-order valence-electron chi connectivity index (χ0n) is 9.81. The normalized spacial score (nSPS) is 26.0. The smallest absolute Gasteiger partial charge is 0.240 e. The van der Waals surface area contributed by atoms with Crippen molar-refractivity contribution in [2.45, 2.75) is 31.5 Å². The van der Waals surface area contributed by atoms with E-state index in [0.29, 0.717) is 6.54 Å². The van der Waals surface area contributed by atoms with Crippen LogP contribution in [0, 0.1) is 0 Å². The van der Waals surface area contributed by atoms with Crippen molar-refractivity contribution in [2.24, 2.45) is 10.7 Å². The van der Waals surface area contributed by atoms with Gasteiger partial charge in [-0.15, -0.1) is 5.10 Å². The molecular formula is C11H14N6O. The highest BCUT2D eigenvalue weighted by Gasteiger charge is 2.37. The lowest BCUT2D eigenvalue weighted by atomic mass is 10.1. The van der Waals surface area contributed by atoms with Crippen LogP contribution >= 0.6 is 0 Å². The summed E-state index contributed by atoms with van der Waals surface area (Å²) >= 11 is 0. The second-order valence-electron chi connectivity index (χ2n) is 4.48. The Morgan fingerprint density at radius 3 is 3.17 bits per heavy atom. The molecule has 7 nitrogen and oxygen atoms in total. The topological polar surface area (TPSA) is 89.4 Å². The summed E-state index contributed by atoms with van der Waals surface area (Å²) in [6, 6.07) is -0.233. The molecule has 1 saturated heterocycles. The summed E-state index contributed by atoms with van der Waals surface area (Å²) in [6.07, 6.45) is 8.66. The molecule has 1 amide bonds. The number of amides is 1. The first kappa shape index (κ1) is 10.9. The number of fused-ring (bicyclic) bond motifs is 1. The average Bonchev–Trinajstić information content (AvgIpc) is 2.97. The van der Waals surface area contributed by atoms with Crippen LogP contribution in [0.15, 0.2) is 29.3 Å². The van der Waals surface area contributed by atoms with E-state index in [9.17, 15) is 4.79 Å². The minimum Gasteiger partial charge on any atom is -0.368 e. The molecule has 2 unspecified atom stereocenters. The summed E-state index contributed by atoms with van der Waals surface area (Å²) < 4.78 is 1.73. The Morgan fingerprint density at radius 1 is 1.56 bits per heavy atom. The van der Waals surface area contributed by atoms with Crippen LogP contribution in [0.25, 0.3) is 0 Å². The molecule has 0 aliphatic carbocycles. The second-order valence-corrected chi connectivity index (χ2v) is 4.48. The molecule has 1 aromatic rings. The van der Waals surface area contributed by atoms with E-state index in [-0.39, 0.29) is 18.0 Å². The van der Waals surface area contributed by atoms with Gasteiger partial charge in [-0.1, -0.05) is 5.21 Å². The van der Waals surface area contributed by atoms with E-state index in [1.54, 1.807) is 23.3 Å². The minimum absolute atomic E-state index is 0.00620. The molecule has 0 radical (unpaired) electrons. The molecule has 2 aliphatic rings. The molecular weight excluding hydrogens is 232 g/mol. The van der Waals surface area contributed by atoms with Crippen molar-refractivity contribution >= 4 is 12.1 Å². The van der Waals surface area contributed by atoms with E-state index in [0.717, 1.165) is 18.5 Å². The Balaban J connectivity index is 1.83. The molecule has 94 valence electrons. The van der Waals surface area contributed by atoms with E-state index in [4.69, 9.17) is 5.73 Å². The van der Waals surface area contributed by atoms with Crippen LogP contribution in [0.4, 0.5) is 0 Å². The number of hydrogen-bond donors (Lipinski definition) is 1. The van der Waals surface area contributed by atoms with Gasteiger partial charge < -0.3 is 10.6 Å². The maximum atomic E-state index is 11.5. The Morgan fingerprint density at radius 2 is 2.44 bits per heavy atom. The van der Waals surface area contributed by atoms with Gasteiger partial charge in [-0.3, -0.25) is 14.5 Å². The number of aromatic nitrogens is 3. The SMILES string of the molecule is NC(=O)C1CCC2=CN=CC(Cn3ccnn3)N21. The summed E-state index contributed by atoms with van der Waals surface area (Å²) in [7, 11) is 0. The molecule has 2 atom stereocenters. The maximum Gasteiger partial charge on any atom is 0.240 e. The quantitative estimate of drug-likeness (QED) is 0.780. The van der Waals surface area contributed by atoms with Gasteiger partial charge in [-0.25, -0.2) is 0 Å². The summed E-state index contributed by atoms with van der Waals surface area (Å²) in [5.74, 6) is -0.280. The fourth-order valence-electron chi connectivity index (χ4n) is 2.56. The zero-order chi connectivity index (χ0) is 12.5. The molecule has 3 rings (SSSR count). The molecule has 1 aromatic heterocycles. The number of carbonyl (C=O) groups excluding carboxylic acids is 1. The van der Waals surface area contributed by atoms with Crippen molar-refractivity contribution in [3.63, 3.8) is 0 Å². The number of aliphatic imine (C=N–C) groups is 1. The van der Waals surface area contributed by atoms with Crippen molar-refractivity contribution < 1.29 is 4.79 Å². The standard InChI is InChI=1S/C11H14N6O/c12-11(18)10-2-1-8-5-13-6-9(17(8)10)7-16-4-3-14-15-16/h3-6,9-10H,1-2,7H2,(H2,12,18). The lowest BCUT2D eigenvalue weighted by molar-refractivity contribution is -0.122. The predicted molar refractivity (Wildman–Crippen MR) is 64.4 cm³/mol. The van der Waals surface area contributed by atoms with Crippen LogP contribution in [0.3, 0.4) is 0 Å². The van der Waals surface area contributed by atoms with Gasteiger partial charge in [0.25, 0.3) is 0 Å². The third-order valence-electron chi connectivity index (χ3n) is 3.35. The summed E-state index contributed by atoms with van der Waals surface area (Å²) in [5.41, 5.74) is 6.53. The van der Waals surface area contributed by atoms with E-state index in [2.05, 4.69) is 20.2 Å². The van der Waals surface area contributed by atoms with Gasteiger partial charge in [-0.2, -0.15) is 0 Å². The number of allylic oxidation sites excluding steroid dienone is 1. The molecule has 18 heavy (non-hydrogen) atoms. The van der Waals surface area contributed by atoms with Gasteiger partial charge in [0, 0.05) is 24.3 Å².